The predicted octanol–water partition coefficient (Wildman–Crippen LogP) is 2.53. The fourth-order valence-corrected chi connectivity index (χ4v) is 5.36. The van der Waals surface area contributed by atoms with Crippen LogP contribution in [0.25, 0.3) is 0 Å². The minimum Gasteiger partial charge on any atom is -0.300 e. The van der Waals surface area contributed by atoms with Crippen LogP contribution in [0, 0.1) is 29.1 Å². The Balaban J connectivity index is 1.76. The molecule has 4 rings (SSSR count). The maximum atomic E-state index is 12.3. The van der Waals surface area contributed by atoms with E-state index in [1.807, 2.05) is 0 Å². The van der Waals surface area contributed by atoms with E-state index < -0.39 is 0 Å². The second kappa shape index (κ2) is 3.09. The quantitative estimate of drug-likeness (QED) is 0.599. The van der Waals surface area contributed by atoms with Gasteiger partial charge in [0.15, 0.2) is 0 Å². The van der Waals surface area contributed by atoms with Crippen LogP contribution >= 0.6 is 0 Å². The van der Waals surface area contributed by atoms with E-state index in [-0.39, 0.29) is 5.41 Å². The molecule has 0 bridgehead atoms. The SMILES string of the molecule is O=C1CC[C@]23C[C@@H]4C=CC[C@@H]4[C@H]2C(=O)C[C@@H]3C1. The molecule has 90 valence electrons. The number of hydrogen-bond acceptors (Lipinski definition) is 2. The lowest BCUT2D eigenvalue weighted by Gasteiger charge is -2.39. The zero-order chi connectivity index (χ0) is 11.6. The molecule has 5 atom stereocenters. The Morgan fingerprint density at radius 3 is 3.00 bits per heavy atom. The lowest BCUT2D eigenvalue weighted by molar-refractivity contribution is -0.126. The number of hydrogen-bond donors (Lipinski definition) is 0. The molecule has 0 radical (unpaired) electrons. The summed E-state index contributed by atoms with van der Waals surface area (Å²) in [5.74, 6) is 2.77. The molecule has 0 aliphatic heterocycles. The Labute approximate surface area is 101 Å². The van der Waals surface area contributed by atoms with Gasteiger partial charge in [-0.3, -0.25) is 9.59 Å². The van der Waals surface area contributed by atoms with E-state index in [4.69, 9.17) is 0 Å². The fraction of sp³-hybridized carbons (Fsp3) is 0.733. The van der Waals surface area contributed by atoms with Crippen LogP contribution < -0.4 is 0 Å². The van der Waals surface area contributed by atoms with Crippen LogP contribution in [0.1, 0.15) is 38.5 Å². The third-order valence-electron chi connectivity index (χ3n) is 5.96. The number of Topliss-reactive ketones (excluding diaryl/α,β-unsaturated/α-hetero) is 2. The van der Waals surface area contributed by atoms with Gasteiger partial charge in [-0.25, -0.2) is 0 Å². The van der Waals surface area contributed by atoms with Crippen molar-refractivity contribution in [3.63, 3.8) is 0 Å². The fourth-order valence-electron chi connectivity index (χ4n) is 5.36. The number of allylic oxidation sites excluding steroid dienone is 2. The van der Waals surface area contributed by atoms with Gasteiger partial charge < -0.3 is 0 Å². The topological polar surface area (TPSA) is 34.1 Å². The number of fused-ring (bicyclic) bond motifs is 2. The average molecular weight is 230 g/mol. The molecule has 4 aliphatic carbocycles. The third-order valence-corrected chi connectivity index (χ3v) is 5.96. The van der Waals surface area contributed by atoms with Crippen molar-refractivity contribution in [1.29, 1.82) is 0 Å². The molecular formula is C15H18O2. The first-order valence-electron chi connectivity index (χ1n) is 6.92. The van der Waals surface area contributed by atoms with Crippen molar-refractivity contribution in [3.05, 3.63) is 12.2 Å². The van der Waals surface area contributed by atoms with Gasteiger partial charge in [0.25, 0.3) is 0 Å². The van der Waals surface area contributed by atoms with E-state index in [1.165, 1.54) is 6.42 Å². The van der Waals surface area contributed by atoms with Crippen LogP contribution in [0.15, 0.2) is 12.2 Å². The van der Waals surface area contributed by atoms with Crippen molar-refractivity contribution in [2.75, 3.05) is 0 Å². The molecule has 3 fully saturated rings. The number of rotatable bonds is 0. The van der Waals surface area contributed by atoms with Gasteiger partial charge >= 0.3 is 0 Å². The van der Waals surface area contributed by atoms with Crippen molar-refractivity contribution in [3.8, 4) is 0 Å². The summed E-state index contributed by atoms with van der Waals surface area (Å²) in [5, 5.41) is 0. The van der Waals surface area contributed by atoms with Crippen molar-refractivity contribution in [2.24, 2.45) is 29.1 Å². The van der Waals surface area contributed by atoms with Crippen LogP contribution in [-0.2, 0) is 9.59 Å². The Hall–Kier alpha value is -0.920. The molecule has 0 amide bonds. The lowest BCUT2D eigenvalue weighted by Crippen LogP contribution is -2.36. The van der Waals surface area contributed by atoms with Crippen molar-refractivity contribution < 1.29 is 9.59 Å². The monoisotopic (exact) mass is 230 g/mol. The molecular weight excluding hydrogens is 212 g/mol. The van der Waals surface area contributed by atoms with Gasteiger partial charge in [0.2, 0.25) is 0 Å². The van der Waals surface area contributed by atoms with Gasteiger partial charge in [-0.1, -0.05) is 12.2 Å². The molecule has 17 heavy (non-hydrogen) atoms. The highest BCUT2D eigenvalue weighted by Crippen LogP contribution is 2.66. The molecule has 1 spiro atoms. The molecule has 0 aromatic carbocycles. The summed E-state index contributed by atoms with van der Waals surface area (Å²) in [4.78, 5) is 23.9. The second-order valence-corrected chi connectivity index (χ2v) is 6.52. The van der Waals surface area contributed by atoms with Crippen molar-refractivity contribution in [1.82, 2.24) is 0 Å². The van der Waals surface area contributed by atoms with E-state index in [0.717, 1.165) is 19.3 Å². The second-order valence-electron chi connectivity index (χ2n) is 6.52. The standard InChI is InChI=1S/C15H18O2/c16-11-4-5-15-8-9-2-1-3-12(9)14(15)13(17)7-10(15)6-11/h1-2,9-10,12,14H,3-8H2/t9-,10-,12-,14-,15+/m0/s1. The third kappa shape index (κ3) is 1.12. The van der Waals surface area contributed by atoms with E-state index in [1.54, 1.807) is 0 Å². The van der Waals surface area contributed by atoms with E-state index in [9.17, 15) is 9.59 Å². The lowest BCUT2D eigenvalue weighted by atomic mass is 9.64. The number of carbonyl (C=O) groups is 2. The van der Waals surface area contributed by atoms with E-state index in [2.05, 4.69) is 12.2 Å². The average Bonchev–Trinajstić information content (AvgIpc) is 2.87. The molecule has 0 saturated heterocycles. The summed E-state index contributed by atoms with van der Waals surface area (Å²) in [6, 6.07) is 0. The first-order valence-corrected chi connectivity index (χ1v) is 6.92. The summed E-state index contributed by atoms with van der Waals surface area (Å²) in [7, 11) is 0. The highest BCUT2D eigenvalue weighted by molar-refractivity contribution is 5.89. The van der Waals surface area contributed by atoms with Crippen LogP contribution in [0.5, 0.6) is 0 Å². The number of carbonyl (C=O) groups excluding carboxylic acids is 2. The van der Waals surface area contributed by atoms with Crippen molar-refractivity contribution >= 4 is 11.6 Å². The first-order chi connectivity index (χ1) is 8.21. The van der Waals surface area contributed by atoms with Crippen molar-refractivity contribution in [2.45, 2.75) is 38.5 Å². The Kier molecular flexibility index (Phi) is 1.83. The minimum atomic E-state index is 0.227. The molecule has 3 saturated carbocycles. The van der Waals surface area contributed by atoms with Gasteiger partial charge in [-0.05, 0) is 42.4 Å². The summed E-state index contributed by atoms with van der Waals surface area (Å²) in [6.07, 6.45) is 9.98. The molecule has 0 heterocycles. The molecule has 2 nitrogen and oxygen atoms in total. The zero-order valence-electron chi connectivity index (χ0n) is 10.0. The number of ketones is 2. The first kappa shape index (κ1) is 10.0. The van der Waals surface area contributed by atoms with Gasteiger partial charge in [0.05, 0.1) is 0 Å². The summed E-state index contributed by atoms with van der Waals surface area (Å²) >= 11 is 0. The van der Waals surface area contributed by atoms with Crippen LogP contribution in [0.3, 0.4) is 0 Å². The van der Waals surface area contributed by atoms with Gasteiger partial charge in [-0.15, -0.1) is 0 Å². The molecule has 2 heteroatoms. The van der Waals surface area contributed by atoms with Gasteiger partial charge in [0.1, 0.15) is 11.6 Å². The Morgan fingerprint density at radius 2 is 2.12 bits per heavy atom. The minimum absolute atomic E-state index is 0.227. The van der Waals surface area contributed by atoms with Gasteiger partial charge in [0, 0.05) is 25.2 Å². The Morgan fingerprint density at radius 1 is 1.24 bits per heavy atom. The van der Waals surface area contributed by atoms with Crippen LogP contribution in [-0.4, -0.2) is 11.6 Å². The molecule has 0 N–H and O–H groups in total. The summed E-state index contributed by atoms with van der Waals surface area (Å²) < 4.78 is 0. The summed E-state index contributed by atoms with van der Waals surface area (Å²) in [5.41, 5.74) is 0.227. The maximum Gasteiger partial charge on any atom is 0.137 e. The predicted molar refractivity (Wildman–Crippen MR) is 63.2 cm³/mol. The molecule has 0 aromatic heterocycles. The Bertz CT molecular complexity index is 436. The highest BCUT2D eigenvalue weighted by atomic mass is 16.1. The van der Waals surface area contributed by atoms with Gasteiger partial charge in [-0.2, -0.15) is 0 Å². The molecule has 4 aliphatic rings. The molecule has 0 unspecified atom stereocenters. The normalized spacial score (nSPS) is 51.5. The zero-order valence-corrected chi connectivity index (χ0v) is 10.0. The summed E-state index contributed by atoms with van der Waals surface area (Å²) in [6.45, 7) is 0. The van der Waals surface area contributed by atoms with Crippen LogP contribution in [0.4, 0.5) is 0 Å². The smallest absolute Gasteiger partial charge is 0.137 e. The highest BCUT2D eigenvalue weighted by Gasteiger charge is 2.64. The van der Waals surface area contributed by atoms with Crippen LogP contribution in [0.2, 0.25) is 0 Å². The largest absolute Gasteiger partial charge is 0.300 e. The maximum absolute atomic E-state index is 12.3. The van der Waals surface area contributed by atoms with E-state index in [0.29, 0.717) is 48.1 Å². The molecule has 0 aromatic rings. The van der Waals surface area contributed by atoms with E-state index >= 15 is 0 Å².